The fourth-order valence-corrected chi connectivity index (χ4v) is 6.02. The Morgan fingerprint density at radius 2 is 0.868 bits per heavy atom. The second-order valence-corrected chi connectivity index (χ2v) is 17.8. The number of benzene rings is 2. The monoisotopic (exact) mass is 757 g/mol. The molecular formula is C47H77KN2O3. The molecule has 0 spiro atoms. The molecule has 0 bridgehead atoms. The topological polar surface area (TPSA) is 54.1 Å². The molecule has 0 unspecified atom stereocenters. The van der Waals surface area contributed by atoms with Crippen LogP contribution in [0.25, 0.3) is 5.32 Å². The number of rotatable bonds is 8. The third-order valence-corrected chi connectivity index (χ3v) is 9.44. The van der Waals surface area contributed by atoms with E-state index in [1.807, 2.05) is 0 Å². The third kappa shape index (κ3) is 18.3. The van der Waals surface area contributed by atoms with Crippen LogP contribution in [0.3, 0.4) is 0 Å². The Balaban J connectivity index is 0.000000712. The zero-order valence-electron chi connectivity index (χ0n) is 37.0. The van der Waals surface area contributed by atoms with E-state index in [4.69, 9.17) is 24.5 Å². The van der Waals surface area contributed by atoms with Gasteiger partial charge in [-0.05, 0) is 78.7 Å². The van der Waals surface area contributed by atoms with Crippen molar-refractivity contribution in [1.29, 1.82) is 0 Å². The molecule has 0 N–H and O–H groups in total. The van der Waals surface area contributed by atoms with Gasteiger partial charge in [0.05, 0.1) is 5.69 Å². The van der Waals surface area contributed by atoms with Crippen LogP contribution in [0.5, 0.6) is 0 Å². The molecule has 6 heteroatoms. The average Bonchev–Trinajstić information content (AvgIpc) is 3.90. The molecular weight excluding hydrogens is 680 g/mol. The summed E-state index contributed by atoms with van der Waals surface area (Å²) in [5.41, 5.74) is 9.37. The number of ether oxygens (including phenoxy) is 3. The zero-order valence-corrected chi connectivity index (χ0v) is 40.1. The predicted octanol–water partition coefficient (Wildman–Crippen LogP) is 11.3. The standard InChI is InChI=1S/C35H53N2.3C4H8O.K/c1-22(2)26-17-15-18-27(23(3)4)32(26)36-30(34(9,10)11)21-31(35(12,13)14)37-33-28(24(5)6)19-16-20-29(33)25(7)8;3*1-2-4-5-3-1;/h15-25H,1-14H3;3*1-4H2;/q-1;;;;+1/b30-21+,37-31?;;;;. The molecule has 3 aliphatic heterocycles. The summed E-state index contributed by atoms with van der Waals surface area (Å²) in [7, 11) is 0. The van der Waals surface area contributed by atoms with Crippen LogP contribution in [0, 0.1) is 10.8 Å². The van der Waals surface area contributed by atoms with Crippen molar-refractivity contribution in [3.8, 4) is 0 Å². The second-order valence-electron chi connectivity index (χ2n) is 17.8. The summed E-state index contributed by atoms with van der Waals surface area (Å²) in [4.78, 5) is 5.46. The van der Waals surface area contributed by atoms with Crippen molar-refractivity contribution in [3.05, 3.63) is 75.7 Å². The summed E-state index contributed by atoms with van der Waals surface area (Å²) in [6, 6.07) is 13.3. The summed E-state index contributed by atoms with van der Waals surface area (Å²) in [5, 5.41) is 5.46. The Bertz CT molecular complexity index is 1270. The maximum Gasteiger partial charge on any atom is 1.00 e. The average molecular weight is 757 g/mol. The molecule has 294 valence electrons. The minimum Gasteiger partial charge on any atom is -0.660 e. The minimum atomic E-state index is -0.136. The quantitative estimate of drug-likeness (QED) is 0.199. The molecule has 0 saturated carbocycles. The van der Waals surface area contributed by atoms with E-state index >= 15 is 0 Å². The summed E-state index contributed by atoms with van der Waals surface area (Å²) < 4.78 is 14.8. The van der Waals surface area contributed by atoms with Gasteiger partial charge in [-0.2, -0.15) is 5.70 Å². The van der Waals surface area contributed by atoms with Crippen molar-refractivity contribution in [2.24, 2.45) is 15.8 Å². The van der Waals surface area contributed by atoms with Gasteiger partial charge in [-0.3, -0.25) is 4.99 Å². The number of para-hydroxylation sites is 2. The summed E-state index contributed by atoms with van der Waals surface area (Å²) in [5.74, 6) is 1.61. The number of allylic oxidation sites excluding steroid dienone is 2. The molecule has 0 atom stereocenters. The fourth-order valence-electron chi connectivity index (χ4n) is 6.02. The van der Waals surface area contributed by atoms with Gasteiger partial charge in [-0.15, -0.1) is 5.69 Å². The fraction of sp³-hybridized carbons (Fsp3) is 0.681. The molecule has 0 aromatic heterocycles. The molecule has 3 heterocycles. The van der Waals surface area contributed by atoms with Gasteiger partial charge in [0.1, 0.15) is 0 Å². The smallest absolute Gasteiger partial charge is 0.660 e. The Morgan fingerprint density at radius 3 is 1.11 bits per heavy atom. The van der Waals surface area contributed by atoms with E-state index in [9.17, 15) is 0 Å². The zero-order chi connectivity index (χ0) is 38.9. The first-order valence-electron chi connectivity index (χ1n) is 20.5. The molecule has 5 rings (SSSR count). The molecule has 0 radical (unpaired) electrons. The van der Waals surface area contributed by atoms with E-state index in [1.54, 1.807) is 0 Å². The van der Waals surface area contributed by atoms with Gasteiger partial charge in [0.2, 0.25) is 0 Å². The van der Waals surface area contributed by atoms with E-state index in [-0.39, 0.29) is 62.2 Å². The summed E-state index contributed by atoms with van der Waals surface area (Å²) in [6.07, 6.45) is 9.95. The molecule has 0 amide bonds. The van der Waals surface area contributed by atoms with Gasteiger partial charge in [-0.25, -0.2) is 0 Å². The number of nitrogens with zero attached hydrogens (tertiary/aromatic N) is 2. The molecule has 3 fully saturated rings. The molecule has 53 heavy (non-hydrogen) atoms. The van der Waals surface area contributed by atoms with Gasteiger partial charge in [0.15, 0.2) is 0 Å². The first kappa shape index (κ1) is 50.2. The maximum absolute atomic E-state index is 5.46. The van der Waals surface area contributed by atoms with Crippen LogP contribution in [-0.4, -0.2) is 45.4 Å². The van der Waals surface area contributed by atoms with Gasteiger partial charge in [0, 0.05) is 50.8 Å². The second kappa shape index (κ2) is 25.4. The Kier molecular flexibility index (Phi) is 24.1. The van der Waals surface area contributed by atoms with Crippen LogP contribution in [0.2, 0.25) is 0 Å². The van der Waals surface area contributed by atoms with E-state index in [2.05, 4.69) is 139 Å². The largest absolute Gasteiger partial charge is 1.00 e. The van der Waals surface area contributed by atoms with E-state index in [1.165, 1.54) is 60.8 Å². The normalized spacial score (nSPS) is 16.5. The van der Waals surface area contributed by atoms with Crippen LogP contribution < -0.4 is 51.4 Å². The van der Waals surface area contributed by atoms with Gasteiger partial charge in [-0.1, -0.05) is 151 Å². The van der Waals surface area contributed by atoms with Gasteiger partial charge in [0.25, 0.3) is 0 Å². The van der Waals surface area contributed by atoms with E-state index in [0.717, 1.165) is 62.4 Å². The van der Waals surface area contributed by atoms with Crippen LogP contribution >= 0.6 is 0 Å². The van der Waals surface area contributed by atoms with Crippen LogP contribution in [-0.2, 0) is 14.2 Å². The maximum atomic E-state index is 5.46. The van der Waals surface area contributed by atoms with Crippen molar-refractivity contribution >= 4 is 17.1 Å². The van der Waals surface area contributed by atoms with Crippen LogP contribution in [0.1, 0.15) is 181 Å². The van der Waals surface area contributed by atoms with Gasteiger partial charge < -0.3 is 19.5 Å². The van der Waals surface area contributed by atoms with Crippen molar-refractivity contribution in [3.63, 3.8) is 0 Å². The van der Waals surface area contributed by atoms with Crippen LogP contribution in [0.15, 0.2) is 53.2 Å². The Morgan fingerprint density at radius 1 is 0.547 bits per heavy atom. The number of hydrogen-bond acceptors (Lipinski definition) is 4. The predicted molar refractivity (Wildman–Crippen MR) is 227 cm³/mol. The Hall–Kier alpha value is -0.834. The van der Waals surface area contributed by atoms with Crippen molar-refractivity contribution in [2.75, 3.05) is 39.6 Å². The van der Waals surface area contributed by atoms with E-state index < -0.39 is 0 Å². The molecule has 2 aromatic carbocycles. The molecule has 3 saturated heterocycles. The molecule has 5 nitrogen and oxygen atoms in total. The van der Waals surface area contributed by atoms with Gasteiger partial charge >= 0.3 is 51.4 Å². The number of hydrogen-bond donors (Lipinski definition) is 0. The van der Waals surface area contributed by atoms with Crippen molar-refractivity contribution in [1.82, 2.24) is 0 Å². The molecule has 0 aliphatic carbocycles. The molecule has 2 aromatic rings. The molecule has 3 aliphatic rings. The van der Waals surface area contributed by atoms with Crippen molar-refractivity contribution in [2.45, 2.75) is 159 Å². The van der Waals surface area contributed by atoms with E-state index in [0.29, 0.717) is 23.7 Å². The SMILES string of the molecule is C1CCOC1.C1CCOC1.C1CCOC1.CC(C)c1cccc(C(C)C)c1N=C(/C=C(/[N-]c1c(C(C)C)cccc1C(C)C)C(C)(C)C)C(C)(C)C.[K+]. The van der Waals surface area contributed by atoms with Crippen LogP contribution in [0.4, 0.5) is 11.4 Å². The number of aliphatic imine (C=N–C) groups is 1. The summed E-state index contributed by atoms with van der Waals surface area (Å²) >= 11 is 0. The third-order valence-electron chi connectivity index (χ3n) is 9.44. The minimum absolute atomic E-state index is 0. The first-order chi connectivity index (χ1) is 24.4. The van der Waals surface area contributed by atoms with Crippen molar-refractivity contribution < 1.29 is 65.6 Å². The Labute approximate surface area is 369 Å². The summed E-state index contributed by atoms with van der Waals surface area (Å²) in [6.45, 7) is 37.7. The first-order valence-corrected chi connectivity index (χ1v) is 20.5.